The Bertz CT molecular complexity index is 646. The highest BCUT2D eigenvalue weighted by Gasteiger charge is 2.34. The summed E-state index contributed by atoms with van der Waals surface area (Å²) in [6.45, 7) is 4.00. The molecule has 0 aromatic heterocycles. The van der Waals surface area contributed by atoms with Gasteiger partial charge in [-0.05, 0) is 49.4 Å². The SMILES string of the molecule is C=Cc1c(F)c(F)c(OCC2CC3CCC(CC(COC)C3)C2)c(F)c1F. The number of hydrogen-bond acceptors (Lipinski definition) is 2. The van der Waals surface area contributed by atoms with Crippen LogP contribution in [0.2, 0.25) is 0 Å². The molecule has 0 saturated heterocycles. The second kappa shape index (κ2) is 8.63. The van der Waals surface area contributed by atoms with Crippen LogP contribution < -0.4 is 4.74 Å². The Balaban J connectivity index is 1.70. The molecule has 2 aliphatic rings. The smallest absolute Gasteiger partial charge is 0.204 e. The van der Waals surface area contributed by atoms with E-state index in [9.17, 15) is 17.6 Å². The molecule has 0 radical (unpaired) electrons. The van der Waals surface area contributed by atoms with E-state index >= 15 is 0 Å². The van der Waals surface area contributed by atoms with Crippen molar-refractivity contribution in [2.75, 3.05) is 20.3 Å². The van der Waals surface area contributed by atoms with Crippen molar-refractivity contribution >= 4 is 6.08 Å². The average molecular weight is 386 g/mol. The minimum atomic E-state index is -1.50. The first-order valence-corrected chi connectivity index (χ1v) is 9.54. The van der Waals surface area contributed by atoms with Gasteiger partial charge in [-0.15, -0.1) is 0 Å². The topological polar surface area (TPSA) is 18.5 Å². The summed E-state index contributed by atoms with van der Waals surface area (Å²) in [6.07, 6.45) is 7.00. The first-order valence-electron chi connectivity index (χ1n) is 9.54. The van der Waals surface area contributed by atoms with E-state index in [0.29, 0.717) is 17.8 Å². The molecule has 2 unspecified atom stereocenters. The van der Waals surface area contributed by atoms with E-state index < -0.39 is 34.6 Å². The monoisotopic (exact) mass is 386 g/mol. The molecule has 0 aliphatic heterocycles. The van der Waals surface area contributed by atoms with Crippen LogP contribution >= 0.6 is 0 Å². The summed E-state index contributed by atoms with van der Waals surface area (Å²) in [5.41, 5.74) is -0.814. The summed E-state index contributed by atoms with van der Waals surface area (Å²) in [5.74, 6) is -5.19. The molecule has 2 nitrogen and oxygen atoms in total. The molecule has 27 heavy (non-hydrogen) atoms. The molecule has 2 saturated carbocycles. The van der Waals surface area contributed by atoms with Crippen LogP contribution in [0.3, 0.4) is 0 Å². The molecule has 2 bridgehead atoms. The van der Waals surface area contributed by atoms with Crippen molar-refractivity contribution in [1.82, 2.24) is 0 Å². The van der Waals surface area contributed by atoms with Gasteiger partial charge in [-0.1, -0.05) is 25.5 Å². The van der Waals surface area contributed by atoms with Crippen molar-refractivity contribution in [2.24, 2.45) is 23.7 Å². The van der Waals surface area contributed by atoms with Gasteiger partial charge in [-0.3, -0.25) is 0 Å². The van der Waals surface area contributed by atoms with Gasteiger partial charge >= 0.3 is 0 Å². The number of ether oxygens (including phenoxy) is 2. The Labute approximate surface area is 157 Å². The first-order chi connectivity index (χ1) is 12.9. The molecular formula is C21H26F4O2. The molecule has 2 fully saturated rings. The van der Waals surface area contributed by atoms with Crippen LogP contribution in [-0.4, -0.2) is 20.3 Å². The van der Waals surface area contributed by atoms with Crippen LogP contribution in [0.1, 0.15) is 44.1 Å². The van der Waals surface area contributed by atoms with Crippen LogP contribution in [0.4, 0.5) is 17.6 Å². The zero-order valence-corrected chi connectivity index (χ0v) is 15.6. The lowest BCUT2D eigenvalue weighted by molar-refractivity contribution is 0.106. The van der Waals surface area contributed by atoms with E-state index in [1.165, 1.54) is 0 Å². The number of halogens is 4. The standard InChI is InChI=1S/C21H26F4O2/c1-3-16-17(22)19(24)21(20(25)18(16)23)27-11-15-8-12-4-5-13(9-15)7-14(6-12)10-26-2/h3,12-15H,1,4-11H2,2H3. The highest BCUT2D eigenvalue weighted by atomic mass is 19.2. The molecule has 2 atom stereocenters. The number of rotatable bonds is 6. The van der Waals surface area contributed by atoms with E-state index in [1.807, 2.05) is 0 Å². The third-order valence-electron chi connectivity index (χ3n) is 5.98. The lowest BCUT2D eigenvalue weighted by atomic mass is 9.80. The zero-order chi connectivity index (χ0) is 19.6. The number of fused-ring (bicyclic) bond motifs is 3. The molecule has 3 rings (SSSR count). The van der Waals surface area contributed by atoms with Gasteiger partial charge in [0.15, 0.2) is 17.4 Å². The predicted molar refractivity (Wildman–Crippen MR) is 95.4 cm³/mol. The molecule has 0 heterocycles. The van der Waals surface area contributed by atoms with Gasteiger partial charge in [-0.25, -0.2) is 8.78 Å². The third kappa shape index (κ3) is 4.31. The van der Waals surface area contributed by atoms with Gasteiger partial charge in [0.25, 0.3) is 0 Å². The van der Waals surface area contributed by atoms with Gasteiger partial charge in [0.2, 0.25) is 11.6 Å². The van der Waals surface area contributed by atoms with Crippen molar-refractivity contribution in [2.45, 2.75) is 38.5 Å². The third-order valence-corrected chi connectivity index (χ3v) is 5.98. The number of benzene rings is 1. The minimum absolute atomic E-state index is 0.0576. The Morgan fingerprint density at radius 2 is 1.33 bits per heavy atom. The van der Waals surface area contributed by atoms with Gasteiger partial charge in [-0.2, -0.15) is 8.78 Å². The molecule has 2 aliphatic carbocycles. The summed E-state index contributed by atoms with van der Waals surface area (Å²) < 4.78 is 66.6. The normalized spacial score (nSPS) is 27.9. The van der Waals surface area contributed by atoms with Crippen molar-refractivity contribution in [3.63, 3.8) is 0 Å². The first kappa shape index (κ1) is 20.2. The van der Waals surface area contributed by atoms with Gasteiger partial charge < -0.3 is 9.47 Å². The summed E-state index contributed by atoms with van der Waals surface area (Å²) in [6, 6.07) is 0. The summed E-state index contributed by atoms with van der Waals surface area (Å²) in [7, 11) is 1.72. The molecule has 0 N–H and O–H groups in total. The van der Waals surface area contributed by atoms with E-state index in [1.54, 1.807) is 7.11 Å². The molecule has 1 aromatic carbocycles. The van der Waals surface area contributed by atoms with Crippen LogP contribution in [-0.2, 0) is 4.74 Å². The van der Waals surface area contributed by atoms with Crippen LogP contribution in [0.5, 0.6) is 5.75 Å². The molecule has 1 aromatic rings. The molecular weight excluding hydrogens is 360 g/mol. The fourth-order valence-electron chi connectivity index (χ4n) is 4.86. The van der Waals surface area contributed by atoms with Crippen molar-refractivity contribution in [3.8, 4) is 5.75 Å². The van der Waals surface area contributed by atoms with Gasteiger partial charge in [0, 0.05) is 13.7 Å². The second-order valence-electron chi connectivity index (χ2n) is 7.95. The Kier molecular flexibility index (Phi) is 6.45. The van der Waals surface area contributed by atoms with E-state index in [0.717, 1.165) is 51.2 Å². The minimum Gasteiger partial charge on any atom is -0.487 e. The van der Waals surface area contributed by atoms with Crippen molar-refractivity contribution < 1.29 is 27.0 Å². The fraction of sp³-hybridized carbons (Fsp3) is 0.619. The highest BCUT2D eigenvalue weighted by molar-refractivity contribution is 5.51. The fourth-order valence-corrected chi connectivity index (χ4v) is 4.86. The van der Waals surface area contributed by atoms with E-state index in [-0.39, 0.29) is 12.5 Å². The molecule has 150 valence electrons. The lowest BCUT2D eigenvalue weighted by Crippen LogP contribution is -2.24. The molecule has 6 heteroatoms. The zero-order valence-electron chi connectivity index (χ0n) is 15.6. The Morgan fingerprint density at radius 1 is 0.852 bits per heavy atom. The molecule has 0 spiro atoms. The maximum Gasteiger partial charge on any atom is 0.204 e. The second-order valence-corrected chi connectivity index (χ2v) is 7.95. The van der Waals surface area contributed by atoms with E-state index in [4.69, 9.17) is 9.47 Å². The Hall–Kier alpha value is -1.56. The predicted octanol–water partition coefficient (Wildman–Crippen LogP) is 5.74. The van der Waals surface area contributed by atoms with Gasteiger partial charge in [0.1, 0.15) is 0 Å². The highest BCUT2D eigenvalue weighted by Crippen LogP contribution is 2.43. The number of hydrogen-bond donors (Lipinski definition) is 0. The van der Waals surface area contributed by atoms with E-state index in [2.05, 4.69) is 6.58 Å². The van der Waals surface area contributed by atoms with Crippen LogP contribution in [0, 0.1) is 46.9 Å². The number of methoxy groups -OCH3 is 1. The molecule has 0 amide bonds. The summed E-state index contributed by atoms with van der Waals surface area (Å²) >= 11 is 0. The maximum atomic E-state index is 14.1. The van der Waals surface area contributed by atoms with Gasteiger partial charge in [0.05, 0.1) is 12.2 Å². The Morgan fingerprint density at radius 3 is 1.78 bits per heavy atom. The quantitative estimate of drug-likeness (QED) is 0.458. The lowest BCUT2D eigenvalue weighted by Gasteiger charge is -2.29. The van der Waals surface area contributed by atoms with Crippen molar-refractivity contribution in [3.05, 3.63) is 35.4 Å². The summed E-state index contributed by atoms with van der Waals surface area (Å²) in [4.78, 5) is 0. The maximum absolute atomic E-state index is 14.1. The van der Waals surface area contributed by atoms with Crippen molar-refractivity contribution in [1.29, 1.82) is 0 Å². The van der Waals surface area contributed by atoms with Crippen LogP contribution in [0.15, 0.2) is 6.58 Å². The average Bonchev–Trinajstić information content (AvgIpc) is 2.93. The van der Waals surface area contributed by atoms with Crippen LogP contribution in [0.25, 0.3) is 6.08 Å². The summed E-state index contributed by atoms with van der Waals surface area (Å²) in [5, 5.41) is 0. The largest absolute Gasteiger partial charge is 0.487 e.